The Kier molecular flexibility index (Phi) is 6.13. The largest absolute Gasteiger partial charge is 0.385 e. The molecule has 0 bridgehead atoms. The molecule has 0 atom stereocenters. The maximum atomic E-state index is 10.3. The first kappa shape index (κ1) is 11.7. The maximum absolute atomic E-state index is 10.3. The zero-order chi connectivity index (χ0) is 9.56. The van der Waals surface area contributed by atoms with Gasteiger partial charge < -0.3 is 8.37 Å². The third-order valence-electron chi connectivity index (χ3n) is 0.454. The highest BCUT2D eigenvalue weighted by Gasteiger charge is 2.05. The number of hydrogen-bond donors (Lipinski definition) is 0. The highest BCUT2D eigenvalue weighted by Crippen LogP contribution is 2.19. The van der Waals surface area contributed by atoms with Gasteiger partial charge in [0.05, 0.1) is 0 Å². The van der Waals surface area contributed by atoms with Gasteiger partial charge in [-0.15, -0.1) is 0 Å². The molecule has 0 amide bonds. The molecule has 0 saturated heterocycles. The van der Waals surface area contributed by atoms with Crippen molar-refractivity contribution in [3.63, 3.8) is 0 Å². The summed E-state index contributed by atoms with van der Waals surface area (Å²) in [6, 6.07) is 0. The van der Waals surface area contributed by atoms with E-state index < -0.39 is 11.9 Å². The monoisotopic (exact) mass is 226 g/mol. The van der Waals surface area contributed by atoms with Crippen LogP contribution < -0.4 is 0 Å². The van der Waals surface area contributed by atoms with Gasteiger partial charge in [-0.1, -0.05) is 12.2 Å². The van der Waals surface area contributed by atoms with Crippen LogP contribution in [0.5, 0.6) is 0 Å². The van der Waals surface area contributed by atoms with E-state index in [1.807, 2.05) is 0 Å². The Hall–Kier alpha value is -0.270. The molecule has 0 rings (SSSR count). The second kappa shape index (κ2) is 6.27. The molecule has 0 heterocycles. The summed E-state index contributed by atoms with van der Waals surface area (Å²) >= 11 is 6.05. The molecular formula is C5H6O4S3. The molecule has 12 heavy (non-hydrogen) atoms. The lowest BCUT2D eigenvalue weighted by atomic mass is 10.9. The third-order valence-corrected chi connectivity index (χ3v) is 2.18. The van der Waals surface area contributed by atoms with E-state index >= 15 is 0 Å². The van der Waals surface area contributed by atoms with E-state index in [9.17, 15) is 9.59 Å². The number of carbonyl (C=O) groups is 2. The topological polar surface area (TPSA) is 52.6 Å². The number of carbonyl (C=O) groups excluding carboxylic acids is 2. The molecule has 0 radical (unpaired) electrons. The molecular weight excluding hydrogens is 220 g/mol. The van der Waals surface area contributed by atoms with Crippen LogP contribution in [0.2, 0.25) is 0 Å². The number of hydrogen-bond acceptors (Lipinski definition) is 7. The molecule has 7 heteroatoms. The average molecular weight is 226 g/mol. The van der Waals surface area contributed by atoms with E-state index in [0.29, 0.717) is 24.1 Å². The minimum atomic E-state index is -0.453. The van der Waals surface area contributed by atoms with E-state index in [1.165, 1.54) is 13.8 Å². The van der Waals surface area contributed by atoms with Gasteiger partial charge in [-0.25, -0.2) is 0 Å². The van der Waals surface area contributed by atoms with E-state index in [1.54, 1.807) is 0 Å². The highest BCUT2D eigenvalue weighted by atomic mass is 32.2. The zero-order valence-electron chi connectivity index (χ0n) is 6.36. The van der Waals surface area contributed by atoms with Crippen LogP contribution in [0.3, 0.4) is 0 Å². The lowest BCUT2D eigenvalue weighted by molar-refractivity contribution is -0.131. The van der Waals surface area contributed by atoms with Gasteiger partial charge >= 0.3 is 11.9 Å². The molecule has 0 fully saturated rings. The molecule has 0 saturated carbocycles. The van der Waals surface area contributed by atoms with Crippen LogP contribution in [-0.4, -0.2) is 15.5 Å². The van der Waals surface area contributed by atoms with Crippen LogP contribution in [0.1, 0.15) is 13.8 Å². The van der Waals surface area contributed by atoms with Gasteiger partial charge in [0.1, 0.15) is 24.1 Å². The molecule has 0 aromatic rings. The van der Waals surface area contributed by atoms with Crippen LogP contribution in [0.4, 0.5) is 0 Å². The van der Waals surface area contributed by atoms with E-state index in [-0.39, 0.29) is 3.53 Å². The summed E-state index contributed by atoms with van der Waals surface area (Å²) in [5.74, 6) is -0.906. The summed E-state index contributed by atoms with van der Waals surface area (Å²) < 4.78 is 9.14. The summed E-state index contributed by atoms with van der Waals surface area (Å²) in [5, 5.41) is 0. The molecule has 4 nitrogen and oxygen atoms in total. The molecule has 0 N–H and O–H groups in total. The van der Waals surface area contributed by atoms with Crippen molar-refractivity contribution in [1.82, 2.24) is 0 Å². The first-order valence-corrected chi connectivity index (χ1v) is 4.65. The van der Waals surface area contributed by atoms with Crippen molar-refractivity contribution in [1.29, 1.82) is 0 Å². The molecule has 0 aromatic heterocycles. The molecule has 0 aliphatic rings. The summed E-state index contributed by atoms with van der Waals surface area (Å²) in [4.78, 5) is 20.5. The molecule has 0 unspecified atom stereocenters. The van der Waals surface area contributed by atoms with Crippen molar-refractivity contribution >= 4 is 51.8 Å². The second-order valence-electron chi connectivity index (χ2n) is 1.57. The van der Waals surface area contributed by atoms with E-state index in [0.717, 1.165) is 0 Å². The molecule has 0 spiro atoms. The Morgan fingerprint density at radius 1 is 1.08 bits per heavy atom. The summed E-state index contributed by atoms with van der Waals surface area (Å²) in [7, 11) is 0. The lowest BCUT2D eigenvalue weighted by Crippen LogP contribution is -1.95. The van der Waals surface area contributed by atoms with Gasteiger partial charge in [0.15, 0.2) is 3.53 Å². The Bertz CT molecular complexity index is 183. The SMILES string of the molecule is CC(=O)OSC(=S)SOC(C)=O. The molecule has 0 aromatic carbocycles. The van der Waals surface area contributed by atoms with Gasteiger partial charge in [-0.2, -0.15) is 0 Å². The normalized spacial score (nSPS) is 8.83. The maximum Gasteiger partial charge on any atom is 0.315 e. The Morgan fingerprint density at radius 2 is 1.42 bits per heavy atom. The molecule has 68 valence electrons. The van der Waals surface area contributed by atoms with Crippen LogP contribution >= 0.6 is 36.3 Å². The van der Waals surface area contributed by atoms with Gasteiger partial charge in [-0.3, -0.25) is 9.59 Å². The Morgan fingerprint density at radius 3 is 1.67 bits per heavy atom. The fraction of sp³-hybridized carbons (Fsp3) is 0.400. The second-order valence-corrected chi connectivity index (χ2v) is 4.23. The smallest absolute Gasteiger partial charge is 0.315 e. The van der Waals surface area contributed by atoms with Crippen molar-refractivity contribution < 1.29 is 18.0 Å². The van der Waals surface area contributed by atoms with Crippen LogP contribution in [-0.2, 0) is 18.0 Å². The van der Waals surface area contributed by atoms with Crippen LogP contribution in [0.25, 0.3) is 0 Å². The van der Waals surface area contributed by atoms with Gasteiger partial charge in [0.25, 0.3) is 0 Å². The van der Waals surface area contributed by atoms with Crippen molar-refractivity contribution in [2.24, 2.45) is 0 Å². The molecule has 0 aliphatic heterocycles. The van der Waals surface area contributed by atoms with Crippen LogP contribution in [0, 0.1) is 0 Å². The Balaban J connectivity index is 3.47. The fourth-order valence-corrected chi connectivity index (χ4v) is 1.09. The fourth-order valence-electron chi connectivity index (χ4n) is 0.199. The summed E-state index contributed by atoms with van der Waals surface area (Å²) in [5.41, 5.74) is 0. The molecule has 0 aliphatic carbocycles. The average Bonchev–Trinajstić information content (AvgIpc) is 1.96. The van der Waals surface area contributed by atoms with Crippen molar-refractivity contribution in [3.05, 3.63) is 0 Å². The minimum absolute atomic E-state index is 0.223. The van der Waals surface area contributed by atoms with Gasteiger partial charge in [-0.05, 0) is 0 Å². The standard InChI is InChI=1S/C5H6O4S3/c1-3(6)8-11-5(10)12-9-4(2)7/h1-2H3. The minimum Gasteiger partial charge on any atom is -0.385 e. The predicted molar refractivity (Wildman–Crippen MR) is 51.3 cm³/mol. The van der Waals surface area contributed by atoms with Gasteiger partial charge in [0.2, 0.25) is 0 Å². The first-order valence-electron chi connectivity index (χ1n) is 2.76. The van der Waals surface area contributed by atoms with Crippen molar-refractivity contribution in [3.8, 4) is 0 Å². The van der Waals surface area contributed by atoms with E-state index in [2.05, 4.69) is 20.6 Å². The third kappa shape index (κ3) is 7.83. The first-order chi connectivity index (χ1) is 5.52. The highest BCUT2D eigenvalue weighted by molar-refractivity contribution is 8.44. The van der Waals surface area contributed by atoms with Gasteiger partial charge in [0, 0.05) is 13.8 Å². The van der Waals surface area contributed by atoms with Crippen molar-refractivity contribution in [2.75, 3.05) is 0 Å². The lowest BCUT2D eigenvalue weighted by Gasteiger charge is -1.99. The van der Waals surface area contributed by atoms with Crippen molar-refractivity contribution in [2.45, 2.75) is 13.8 Å². The number of thiocarbonyl (C=S) groups is 1. The predicted octanol–water partition coefficient (Wildman–Crippen LogP) is 1.69. The Labute approximate surface area is 83.8 Å². The summed E-state index contributed by atoms with van der Waals surface area (Å²) in [6.07, 6.45) is 0. The quantitative estimate of drug-likeness (QED) is 0.460. The number of rotatable bonds is 0. The summed E-state index contributed by atoms with van der Waals surface area (Å²) in [6.45, 7) is 2.51. The zero-order valence-corrected chi connectivity index (χ0v) is 8.81. The van der Waals surface area contributed by atoms with E-state index in [4.69, 9.17) is 0 Å². The van der Waals surface area contributed by atoms with Crippen LogP contribution in [0.15, 0.2) is 0 Å².